The number of ketones is 1. The molecule has 0 spiro atoms. The molecule has 1 N–H and O–H groups in total. The van der Waals surface area contributed by atoms with E-state index in [9.17, 15) is 29.6 Å². The standard InChI is InChI=1S/C33H28N2O7/c1-33(32(38)39)28(21-13-17-25(18-14-21)35(40)41)27(30(36)23-9-5-3-6-10-23)29(22-15-19-26(42-2)20-16-22)34(33)31(37)24-11-7-4-8-12-24/h3-20,27-29H,1-2H3,(H,38,39). The molecule has 1 aliphatic heterocycles. The molecule has 0 radical (unpaired) electrons. The molecule has 9 heteroatoms. The summed E-state index contributed by atoms with van der Waals surface area (Å²) in [7, 11) is 1.52. The minimum Gasteiger partial charge on any atom is -0.497 e. The smallest absolute Gasteiger partial charge is 0.330 e. The van der Waals surface area contributed by atoms with Gasteiger partial charge in [0.25, 0.3) is 11.6 Å². The van der Waals surface area contributed by atoms with E-state index in [0.717, 1.165) is 0 Å². The molecular formula is C33H28N2O7. The molecule has 1 saturated heterocycles. The van der Waals surface area contributed by atoms with Gasteiger partial charge in [0.2, 0.25) is 0 Å². The Morgan fingerprint density at radius 3 is 1.83 bits per heavy atom. The highest BCUT2D eigenvalue weighted by atomic mass is 16.6. The predicted molar refractivity (Wildman–Crippen MR) is 154 cm³/mol. The van der Waals surface area contributed by atoms with E-state index in [0.29, 0.717) is 22.4 Å². The minimum absolute atomic E-state index is 0.177. The average molecular weight is 565 g/mol. The highest BCUT2D eigenvalue weighted by molar-refractivity contribution is 6.04. The molecule has 4 aromatic rings. The number of ether oxygens (including phenoxy) is 1. The van der Waals surface area contributed by atoms with Crippen LogP contribution in [0.5, 0.6) is 5.75 Å². The molecule has 4 aromatic carbocycles. The minimum atomic E-state index is -1.93. The summed E-state index contributed by atoms with van der Waals surface area (Å²) in [6.45, 7) is 1.44. The molecular weight excluding hydrogens is 536 g/mol. The summed E-state index contributed by atoms with van der Waals surface area (Å²) < 4.78 is 5.32. The highest BCUT2D eigenvalue weighted by Gasteiger charge is 2.65. The van der Waals surface area contributed by atoms with Crippen LogP contribution in [0.1, 0.15) is 50.7 Å². The maximum Gasteiger partial charge on any atom is 0.330 e. The normalized spacial score (nSPS) is 21.5. The number of rotatable bonds is 8. The number of methoxy groups -OCH3 is 1. The Morgan fingerprint density at radius 2 is 1.33 bits per heavy atom. The van der Waals surface area contributed by atoms with E-state index in [2.05, 4.69) is 0 Å². The van der Waals surface area contributed by atoms with Crippen LogP contribution in [-0.4, -0.2) is 45.2 Å². The third-order valence-electron chi connectivity index (χ3n) is 8.04. The van der Waals surface area contributed by atoms with E-state index in [1.165, 1.54) is 43.2 Å². The van der Waals surface area contributed by atoms with Gasteiger partial charge in [-0.15, -0.1) is 0 Å². The maximum absolute atomic E-state index is 14.5. The van der Waals surface area contributed by atoms with Gasteiger partial charge in [-0.1, -0.05) is 72.8 Å². The number of nitrogens with zero attached hydrogens (tertiary/aromatic N) is 2. The first-order chi connectivity index (χ1) is 20.2. The van der Waals surface area contributed by atoms with Gasteiger partial charge in [-0.05, 0) is 42.3 Å². The van der Waals surface area contributed by atoms with Crippen molar-refractivity contribution < 1.29 is 29.2 Å². The maximum atomic E-state index is 14.5. The number of non-ortho nitro benzene ring substituents is 1. The number of benzene rings is 4. The molecule has 4 unspecified atom stereocenters. The molecule has 0 aliphatic carbocycles. The molecule has 0 saturated carbocycles. The number of carbonyl (C=O) groups is 3. The first kappa shape index (κ1) is 28.2. The fourth-order valence-corrected chi connectivity index (χ4v) is 6.01. The third kappa shape index (κ3) is 4.79. The van der Waals surface area contributed by atoms with Crippen LogP contribution >= 0.6 is 0 Å². The van der Waals surface area contributed by atoms with Gasteiger partial charge in [0, 0.05) is 29.2 Å². The zero-order valence-corrected chi connectivity index (χ0v) is 22.9. The molecule has 4 atom stereocenters. The van der Waals surface area contributed by atoms with E-state index in [4.69, 9.17) is 4.74 Å². The van der Waals surface area contributed by atoms with Gasteiger partial charge in [-0.25, -0.2) is 4.79 Å². The lowest BCUT2D eigenvalue weighted by Crippen LogP contribution is -2.54. The molecule has 5 rings (SSSR count). The third-order valence-corrected chi connectivity index (χ3v) is 8.04. The quantitative estimate of drug-likeness (QED) is 0.160. The second kappa shape index (κ2) is 11.3. The number of amides is 1. The van der Waals surface area contributed by atoms with Gasteiger partial charge in [0.1, 0.15) is 11.3 Å². The number of carboxylic acid groups (broad SMARTS) is 1. The first-order valence-corrected chi connectivity index (χ1v) is 13.3. The number of aliphatic carboxylic acids is 1. The zero-order valence-electron chi connectivity index (χ0n) is 22.9. The Bertz CT molecular complexity index is 1620. The van der Waals surface area contributed by atoms with Gasteiger partial charge in [0.05, 0.1) is 24.0 Å². The van der Waals surface area contributed by atoms with Crippen molar-refractivity contribution in [3.63, 3.8) is 0 Å². The van der Waals surface area contributed by atoms with Crippen LogP contribution in [0, 0.1) is 16.0 Å². The van der Waals surface area contributed by atoms with Crippen LogP contribution in [0.2, 0.25) is 0 Å². The van der Waals surface area contributed by atoms with Gasteiger partial charge in [-0.3, -0.25) is 19.7 Å². The Hall–Kier alpha value is -5.31. The molecule has 1 aliphatic rings. The van der Waals surface area contributed by atoms with Crippen LogP contribution in [0.15, 0.2) is 109 Å². The SMILES string of the molecule is COc1ccc(C2C(C(=O)c3ccccc3)C(c3ccc([N+](=O)[O-])cc3)C(C)(C(=O)O)N2C(=O)c2ccccc2)cc1. The summed E-state index contributed by atoms with van der Waals surface area (Å²) in [5, 5.41) is 22.3. The lowest BCUT2D eigenvalue weighted by Gasteiger charge is -2.38. The molecule has 0 aromatic heterocycles. The monoisotopic (exact) mass is 564 g/mol. The van der Waals surface area contributed by atoms with Gasteiger partial charge < -0.3 is 14.7 Å². The molecule has 1 fully saturated rings. The molecule has 0 bridgehead atoms. The summed E-state index contributed by atoms with van der Waals surface area (Å²) >= 11 is 0. The van der Waals surface area contributed by atoms with Gasteiger partial charge >= 0.3 is 5.97 Å². The fourth-order valence-electron chi connectivity index (χ4n) is 6.01. The Labute approximate surface area is 242 Å². The Morgan fingerprint density at radius 1 is 0.810 bits per heavy atom. The van der Waals surface area contributed by atoms with E-state index in [1.54, 1.807) is 84.9 Å². The number of likely N-dealkylation sites (tertiary alicyclic amines) is 1. The predicted octanol–water partition coefficient (Wildman–Crippen LogP) is 5.93. The van der Waals surface area contributed by atoms with Crippen LogP contribution in [0.3, 0.4) is 0 Å². The van der Waals surface area contributed by atoms with Crippen LogP contribution in [0.4, 0.5) is 5.69 Å². The second-order valence-electron chi connectivity index (χ2n) is 10.3. The summed E-state index contributed by atoms with van der Waals surface area (Å²) in [6.07, 6.45) is 0. The van der Waals surface area contributed by atoms with E-state index >= 15 is 0 Å². The molecule has 212 valence electrons. The van der Waals surface area contributed by atoms with Crippen molar-refractivity contribution in [1.29, 1.82) is 0 Å². The topological polar surface area (TPSA) is 127 Å². The largest absolute Gasteiger partial charge is 0.497 e. The number of hydrogen-bond donors (Lipinski definition) is 1. The number of carbonyl (C=O) groups excluding carboxylic acids is 2. The number of carboxylic acids is 1. The molecule has 42 heavy (non-hydrogen) atoms. The van der Waals surface area contributed by atoms with Crippen molar-refractivity contribution in [2.75, 3.05) is 7.11 Å². The number of nitro benzene ring substituents is 1. The van der Waals surface area contributed by atoms with Crippen molar-refractivity contribution >= 4 is 23.3 Å². The van der Waals surface area contributed by atoms with Gasteiger partial charge in [0.15, 0.2) is 5.78 Å². The van der Waals surface area contributed by atoms with Crippen molar-refractivity contribution in [1.82, 2.24) is 4.90 Å². The summed E-state index contributed by atoms with van der Waals surface area (Å²) in [5.41, 5.74) is -0.548. The fraction of sp³-hybridized carbons (Fsp3) is 0.182. The Balaban J connectivity index is 1.81. The van der Waals surface area contributed by atoms with Crippen molar-refractivity contribution in [3.05, 3.63) is 142 Å². The molecule has 9 nitrogen and oxygen atoms in total. The number of Topliss-reactive ketones (excluding diaryl/α,β-unsaturated/α-hetero) is 1. The Kier molecular flexibility index (Phi) is 7.58. The summed E-state index contributed by atoms with van der Waals surface area (Å²) in [6, 6.07) is 28.2. The zero-order chi connectivity index (χ0) is 30.0. The van der Waals surface area contributed by atoms with Crippen LogP contribution < -0.4 is 4.74 Å². The summed E-state index contributed by atoms with van der Waals surface area (Å²) in [4.78, 5) is 54.3. The molecule has 1 heterocycles. The van der Waals surface area contributed by atoms with Crippen LogP contribution in [0.25, 0.3) is 0 Å². The average Bonchev–Trinajstić information content (AvgIpc) is 3.31. The lowest BCUT2D eigenvalue weighted by atomic mass is 9.71. The van der Waals surface area contributed by atoms with Crippen LogP contribution in [-0.2, 0) is 4.79 Å². The highest BCUT2D eigenvalue weighted by Crippen LogP contribution is 2.57. The summed E-state index contributed by atoms with van der Waals surface area (Å²) in [5.74, 6) is -3.79. The van der Waals surface area contributed by atoms with Gasteiger partial charge in [-0.2, -0.15) is 0 Å². The lowest BCUT2D eigenvalue weighted by molar-refractivity contribution is -0.384. The number of nitro groups is 1. The van der Waals surface area contributed by atoms with E-state index in [1.807, 2.05) is 0 Å². The van der Waals surface area contributed by atoms with Crippen molar-refractivity contribution in [2.45, 2.75) is 24.4 Å². The van der Waals surface area contributed by atoms with E-state index in [-0.39, 0.29) is 17.0 Å². The molecule has 1 amide bonds. The van der Waals surface area contributed by atoms with E-state index < -0.39 is 40.2 Å². The second-order valence-corrected chi connectivity index (χ2v) is 10.3. The van der Waals surface area contributed by atoms with Crippen molar-refractivity contribution in [3.8, 4) is 5.75 Å². The van der Waals surface area contributed by atoms with Crippen molar-refractivity contribution in [2.24, 2.45) is 5.92 Å². The first-order valence-electron chi connectivity index (χ1n) is 13.3. The number of hydrogen-bond acceptors (Lipinski definition) is 6.